The molecule has 2 aliphatic heterocycles. The Morgan fingerprint density at radius 2 is 1.84 bits per heavy atom. The summed E-state index contributed by atoms with van der Waals surface area (Å²) in [6, 6.07) is 10.8. The lowest BCUT2D eigenvalue weighted by Crippen LogP contribution is -2.34. The van der Waals surface area contributed by atoms with Crippen LogP contribution in [0.25, 0.3) is 0 Å². The van der Waals surface area contributed by atoms with Crippen LogP contribution >= 0.6 is 0 Å². The van der Waals surface area contributed by atoms with Gasteiger partial charge in [0.25, 0.3) is 5.91 Å². The van der Waals surface area contributed by atoms with Gasteiger partial charge in [-0.1, -0.05) is 0 Å². The molecule has 0 aromatic heterocycles. The van der Waals surface area contributed by atoms with Crippen LogP contribution in [0.3, 0.4) is 0 Å². The number of nitrogens with zero attached hydrogens (tertiary/aromatic N) is 2. The number of ether oxygens (including phenoxy) is 3. The molecule has 1 unspecified atom stereocenters. The van der Waals surface area contributed by atoms with E-state index in [0.29, 0.717) is 22.7 Å². The maximum Gasteiger partial charge on any atom is 0.414 e. The molecule has 1 saturated heterocycles. The summed E-state index contributed by atoms with van der Waals surface area (Å²) in [4.78, 5) is 26.2. The lowest BCUT2D eigenvalue weighted by Gasteiger charge is -2.14. The van der Waals surface area contributed by atoms with Crippen LogP contribution in [0.5, 0.6) is 11.5 Å². The predicted octanol–water partition coefficient (Wildman–Crippen LogP) is 1.42. The number of carbonyl (C=O) groups is 2. The number of fused-ring (bicyclic) bond motifs is 1. The molecule has 164 valence electrons. The zero-order valence-corrected chi connectivity index (χ0v) is 17.7. The molecule has 0 bridgehead atoms. The largest absolute Gasteiger partial charge is 0.454 e. The molecule has 31 heavy (non-hydrogen) atoms. The van der Waals surface area contributed by atoms with Gasteiger partial charge < -0.3 is 19.5 Å². The van der Waals surface area contributed by atoms with Crippen LogP contribution in [-0.2, 0) is 14.8 Å². The number of cyclic esters (lactones) is 1. The Kier molecular flexibility index (Phi) is 5.46. The number of benzene rings is 2. The minimum Gasteiger partial charge on any atom is -0.454 e. The van der Waals surface area contributed by atoms with Crippen LogP contribution in [-0.4, -0.2) is 64.8 Å². The predicted molar refractivity (Wildman–Crippen MR) is 110 cm³/mol. The van der Waals surface area contributed by atoms with Crippen LogP contribution in [0, 0.1) is 0 Å². The Labute approximate surface area is 179 Å². The van der Waals surface area contributed by atoms with Crippen molar-refractivity contribution in [3.8, 4) is 11.5 Å². The van der Waals surface area contributed by atoms with Gasteiger partial charge in [-0.05, 0) is 36.4 Å². The zero-order chi connectivity index (χ0) is 22.2. The molecule has 0 spiro atoms. The highest BCUT2D eigenvalue weighted by atomic mass is 32.2. The molecule has 1 N–H and O–H groups in total. The number of amides is 2. The fourth-order valence-corrected chi connectivity index (χ4v) is 4.09. The Balaban J connectivity index is 1.35. The average Bonchev–Trinajstić information content (AvgIpc) is 3.37. The molecule has 2 heterocycles. The Morgan fingerprint density at radius 3 is 2.55 bits per heavy atom. The summed E-state index contributed by atoms with van der Waals surface area (Å²) in [6.07, 6.45) is -1.05. The van der Waals surface area contributed by atoms with Crippen molar-refractivity contribution in [3.63, 3.8) is 0 Å². The van der Waals surface area contributed by atoms with E-state index in [4.69, 9.17) is 14.2 Å². The van der Waals surface area contributed by atoms with Gasteiger partial charge in [0.05, 0.1) is 23.7 Å². The summed E-state index contributed by atoms with van der Waals surface area (Å²) in [6.45, 7) is 0.516. The maximum atomic E-state index is 12.4. The topological polar surface area (TPSA) is 114 Å². The molecule has 2 aliphatic rings. The lowest BCUT2D eigenvalue weighted by molar-refractivity contribution is 0.0916. The molecule has 0 aliphatic carbocycles. The second-order valence-electron chi connectivity index (χ2n) is 7.18. The van der Waals surface area contributed by atoms with E-state index in [0.717, 1.165) is 4.31 Å². The number of hydrogen-bond acceptors (Lipinski definition) is 7. The summed E-state index contributed by atoms with van der Waals surface area (Å²) in [5.41, 5.74) is 0.912. The zero-order valence-electron chi connectivity index (χ0n) is 16.9. The second kappa shape index (κ2) is 8.08. The van der Waals surface area contributed by atoms with Gasteiger partial charge in [0.1, 0.15) is 6.10 Å². The molecule has 2 aromatic carbocycles. The Bertz CT molecular complexity index is 1120. The van der Waals surface area contributed by atoms with Crippen molar-refractivity contribution in [1.82, 2.24) is 9.62 Å². The average molecular weight is 447 g/mol. The van der Waals surface area contributed by atoms with Crippen molar-refractivity contribution in [2.75, 3.05) is 38.9 Å². The minimum absolute atomic E-state index is 0.0955. The molecular weight excluding hydrogens is 426 g/mol. The van der Waals surface area contributed by atoms with Gasteiger partial charge in [0.2, 0.25) is 16.8 Å². The number of nitrogens with one attached hydrogen (secondary N) is 1. The summed E-state index contributed by atoms with van der Waals surface area (Å²) < 4.78 is 41.3. The molecule has 1 fully saturated rings. The standard InChI is InChI=1S/C20H21N3O7S/c1-22(2)31(26,27)16-6-3-13(4-7-16)19(24)21-10-15-11-23(20(25)30-15)14-5-8-17-18(9-14)29-12-28-17/h3-9,15H,10-12H2,1-2H3,(H,21,24). The van der Waals surface area contributed by atoms with E-state index in [2.05, 4.69) is 5.32 Å². The van der Waals surface area contributed by atoms with Crippen molar-refractivity contribution in [1.29, 1.82) is 0 Å². The van der Waals surface area contributed by atoms with Crippen molar-refractivity contribution in [2.24, 2.45) is 0 Å². The molecule has 2 aromatic rings. The van der Waals surface area contributed by atoms with E-state index < -0.39 is 28.1 Å². The van der Waals surface area contributed by atoms with Crippen molar-refractivity contribution in [3.05, 3.63) is 48.0 Å². The molecule has 0 radical (unpaired) electrons. The van der Waals surface area contributed by atoms with Gasteiger partial charge in [-0.3, -0.25) is 9.69 Å². The monoisotopic (exact) mass is 447 g/mol. The summed E-state index contributed by atoms with van der Waals surface area (Å²) >= 11 is 0. The molecular formula is C20H21N3O7S. The number of hydrogen-bond donors (Lipinski definition) is 1. The summed E-state index contributed by atoms with van der Waals surface area (Å²) in [5.74, 6) is 0.776. The molecule has 0 saturated carbocycles. The van der Waals surface area contributed by atoms with Crippen LogP contribution < -0.4 is 19.7 Å². The first kappa shape index (κ1) is 20.9. The van der Waals surface area contributed by atoms with Crippen LogP contribution in [0.4, 0.5) is 10.5 Å². The molecule has 10 nitrogen and oxygen atoms in total. The third kappa shape index (κ3) is 4.14. The first-order valence-electron chi connectivity index (χ1n) is 9.44. The number of anilines is 1. The van der Waals surface area contributed by atoms with Crippen molar-refractivity contribution in [2.45, 2.75) is 11.0 Å². The van der Waals surface area contributed by atoms with Gasteiger partial charge in [0, 0.05) is 25.7 Å². The quantitative estimate of drug-likeness (QED) is 0.712. The fourth-order valence-electron chi connectivity index (χ4n) is 3.19. The number of sulfonamides is 1. The maximum absolute atomic E-state index is 12.4. The van der Waals surface area contributed by atoms with E-state index in [1.807, 2.05) is 0 Å². The van der Waals surface area contributed by atoms with E-state index in [1.54, 1.807) is 18.2 Å². The highest BCUT2D eigenvalue weighted by Crippen LogP contribution is 2.36. The number of rotatable bonds is 6. The summed E-state index contributed by atoms with van der Waals surface area (Å²) in [7, 11) is -0.693. The van der Waals surface area contributed by atoms with Crippen LogP contribution in [0.2, 0.25) is 0 Å². The smallest absolute Gasteiger partial charge is 0.414 e. The molecule has 1 atom stereocenters. The van der Waals surface area contributed by atoms with Crippen molar-refractivity contribution >= 4 is 27.7 Å². The highest BCUT2D eigenvalue weighted by molar-refractivity contribution is 7.89. The van der Waals surface area contributed by atoms with Gasteiger partial charge >= 0.3 is 6.09 Å². The Hall–Kier alpha value is -3.31. The highest BCUT2D eigenvalue weighted by Gasteiger charge is 2.33. The fraction of sp³-hybridized carbons (Fsp3) is 0.300. The number of carbonyl (C=O) groups excluding carboxylic acids is 2. The van der Waals surface area contributed by atoms with E-state index in [-0.39, 0.29) is 24.8 Å². The molecule has 4 rings (SSSR count). The van der Waals surface area contributed by atoms with Crippen LogP contribution in [0.15, 0.2) is 47.4 Å². The third-order valence-electron chi connectivity index (χ3n) is 4.93. The summed E-state index contributed by atoms with van der Waals surface area (Å²) in [5, 5.41) is 2.71. The van der Waals surface area contributed by atoms with Gasteiger partial charge in [-0.15, -0.1) is 0 Å². The van der Waals surface area contributed by atoms with Gasteiger partial charge in [0.15, 0.2) is 11.5 Å². The molecule has 2 amide bonds. The SMILES string of the molecule is CN(C)S(=O)(=O)c1ccc(C(=O)NCC2CN(c3ccc4c(c3)OCO4)C(=O)O2)cc1. The first-order valence-corrected chi connectivity index (χ1v) is 10.9. The van der Waals surface area contributed by atoms with E-state index in [9.17, 15) is 18.0 Å². The van der Waals surface area contributed by atoms with E-state index in [1.165, 1.54) is 43.3 Å². The normalized spacial score (nSPS) is 17.7. The van der Waals surface area contributed by atoms with E-state index >= 15 is 0 Å². The van der Waals surface area contributed by atoms with Gasteiger partial charge in [-0.25, -0.2) is 17.5 Å². The lowest BCUT2D eigenvalue weighted by atomic mass is 10.2. The second-order valence-corrected chi connectivity index (χ2v) is 9.33. The Morgan fingerprint density at radius 1 is 1.13 bits per heavy atom. The first-order chi connectivity index (χ1) is 14.8. The van der Waals surface area contributed by atoms with Crippen molar-refractivity contribution < 1.29 is 32.2 Å². The minimum atomic E-state index is -3.57. The third-order valence-corrected chi connectivity index (χ3v) is 6.76. The molecule has 11 heteroatoms. The van der Waals surface area contributed by atoms with Gasteiger partial charge in [-0.2, -0.15) is 0 Å². The van der Waals surface area contributed by atoms with Crippen LogP contribution in [0.1, 0.15) is 10.4 Å².